The number of aromatic nitrogens is 2. The molecule has 19 heavy (non-hydrogen) atoms. The lowest BCUT2D eigenvalue weighted by atomic mass is 10.2. The fourth-order valence-corrected chi connectivity index (χ4v) is 1.69. The molecule has 0 aliphatic carbocycles. The molecule has 6 nitrogen and oxygen atoms in total. The van der Waals surface area contributed by atoms with Crippen LogP contribution in [-0.2, 0) is 6.54 Å². The Kier molecular flexibility index (Phi) is 6.52. The van der Waals surface area contributed by atoms with Crippen LogP contribution in [0.15, 0.2) is 17.2 Å². The normalized spacial score (nSPS) is 12.7. The van der Waals surface area contributed by atoms with Crippen molar-refractivity contribution in [1.29, 1.82) is 0 Å². The van der Waals surface area contributed by atoms with Crippen LogP contribution < -0.4 is 16.2 Å². The highest BCUT2D eigenvalue weighted by atomic mass is 16.3. The van der Waals surface area contributed by atoms with Crippen LogP contribution in [0.3, 0.4) is 0 Å². The van der Waals surface area contributed by atoms with Crippen LogP contribution in [0.4, 0.5) is 5.82 Å². The third kappa shape index (κ3) is 5.85. The van der Waals surface area contributed by atoms with E-state index in [1.165, 1.54) is 0 Å². The standard InChI is InChI=1S/C13H24N4O2/c1-10(2)9-17-7-6-16-12(13(17)19)15-5-4-14-8-11(3)18/h6-7,10-11,14,18H,4-5,8-9H2,1-3H3,(H,15,16). The molecule has 1 aromatic heterocycles. The smallest absolute Gasteiger partial charge is 0.293 e. The molecule has 3 N–H and O–H groups in total. The van der Waals surface area contributed by atoms with Gasteiger partial charge in [0.2, 0.25) is 0 Å². The summed E-state index contributed by atoms with van der Waals surface area (Å²) in [6.45, 7) is 8.37. The Balaban J connectivity index is 2.48. The Morgan fingerprint density at radius 1 is 1.37 bits per heavy atom. The Morgan fingerprint density at radius 3 is 2.74 bits per heavy atom. The van der Waals surface area contributed by atoms with E-state index in [0.717, 1.165) is 0 Å². The topological polar surface area (TPSA) is 79.2 Å². The van der Waals surface area contributed by atoms with Gasteiger partial charge in [0.15, 0.2) is 5.82 Å². The quantitative estimate of drug-likeness (QED) is 0.590. The second kappa shape index (κ2) is 7.91. The first-order valence-electron chi connectivity index (χ1n) is 6.68. The summed E-state index contributed by atoms with van der Waals surface area (Å²) in [7, 11) is 0. The van der Waals surface area contributed by atoms with Gasteiger partial charge < -0.3 is 20.3 Å². The minimum atomic E-state index is -0.363. The molecular formula is C13H24N4O2. The molecule has 0 amide bonds. The zero-order chi connectivity index (χ0) is 14.3. The van der Waals surface area contributed by atoms with Crippen LogP contribution in [0.25, 0.3) is 0 Å². The van der Waals surface area contributed by atoms with Gasteiger partial charge in [-0.1, -0.05) is 13.8 Å². The number of hydrogen-bond donors (Lipinski definition) is 3. The van der Waals surface area contributed by atoms with Crippen LogP contribution in [0.1, 0.15) is 20.8 Å². The lowest BCUT2D eigenvalue weighted by Crippen LogP contribution is -2.31. The van der Waals surface area contributed by atoms with Crippen molar-refractivity contribution >= 4 is 5.82 Å². The van der Waals surface area contributed by atoms with Gasteiger partial charge in [-0.3, -0.25) is 4.79 Å². The van der Waals surface area contributed by atoms with Gasteiger partial charge in [-0.25, -0.2) is 4.98 Å². The summed E-state index contributed by atoms with van der Waals surface area (Å²) in [6, 6.07) is 0. The van der Waals surface area contributed by atoms with E-state index < -0.39 is 0 Å². The molecule has 1 rings (SSSR count). The molecule has 0 aliphatic heterocycles. The lowest BCUT2D eigenvalue weighted by molar-refractivity contribution is 0.192. The number of rotatable bonds is 8. The number of aliphatic hydroxyl groups excluding tert-OH is 1. The molecule has 0 fully saturated rings. The second-order valence-electron chi connectivity index (χ2n) is 5.11. The van der Waals surface area contributed by atoms with Crippen molar-refractivity contribution in [2.75, 3.05) is 25.0 Å². The van der Waals surface area contributed by atoms with Crippen LogP contribution in [0.5, 0.6) is 0 Å². The lowest BCUT2D eigenvalue weighted by Gasteiger charge is -2.11. The highest BCUT2D eigenvalue weighted by Crippen LogP contribution is 1.98. The van der Waals surface area contributed by atoms with E-state index in [4.69, 9.17) is 5.11 Å². The highest BCUT2D eigenvalue weighted by molar-refractivity contribution is 5.30. The van der Waals surface area contributed by atoms with Gasteiger partial charge in [-0.05, 0) is 12.8 Å². The molecule has 0 saturated heterocycles. The maximum Gasteiger partial charge on any atom is 0.293 e. The summed E-state index contributed by atoms with van der Waals surface area (Å²) in [4.78, 5) is 16.1. The van der Waals surface area contributed by atoms with Crippen LogP contribution in [-0.4, -0.2) is 40.4 Å². The number of hydrogen-bond acceptors (Lipinski definition) is 5. The Bertz CT molecular complexity index is 429. The molecule has 0 aromatic carbocycles. The van der Waals surface area contributed by atoms with E-state index in [2.05, 4.69) is 29.5 Å². The summed E-state index contributed by atoms with van der Waals surface area (Å²) in [5, 5.41) is 15.2. The zero-order valence-corrected chi connectivity index (χ0v) is 11.9. The third-order valence-electron chi connectivity index (χ3n) is 2.51. The van der Waals surface area contributed by atoms with Crippen molar-refractivity contribution in [3.8, 4) is 0 Å². The number of nitrogens with zero attached hydrogens (tertiary/aromatic N) is 2. The average Bonchev–Trinajstić information content (AvgIpc) is 2.32. The molecule has 1 unspecified atom stereocenters. The predicted octanol–water partition coefficient (Wildman–Crippen LogP) is 0.282. The fraction of sp³-hybridized carbons (Fsp3) is 0.692. The Labute approximate surface area is 113 Å². The van der Waals surface area contributed by atoms with E-state index in [-0.39, 0.29) is 11.7 Å². The average molecular weight is 268 g/mol. The van der Waals surface area contributed by atoms with Gasteiger partial charge in [0, 0.05) is 38.6 Å². The van der Waals surface area contributed by atoms with Gasteiger partial charge in [-0.2, -0.15) is 0 Å². The van der Waals surface area contributed by atoms with Crippen molar-refractivity contribution < 1.29 is 5.11 Å². The number of aliphatic hydroxyl groups is 1. The second-order valence-corrected chi connectivity index (χ2v) is 5.11. The summed E-state index contributed by atoms with van der Waals surface area (Å²) in [5.41, 5.74) is -0.0910. The van der Waals surface area contributed by atoms with Crippen molar-refractivity contribution in [1.82, 2.24) is 14.9 Å². The van der Waals surface area contributed by atoms with E-state index in [1.54, 1.807) is 23.9 Å². The molecule has 0 aliphatic rings. The summed E-state index contributed by atoms with van der Waals surface area (Å²) in [5.74, 6) is 0.794. The summed E-state index contributed by atoms with van der Waals surface area (Å²) in [6.07, 6.45) is 2.98. The van der Waals surface area contributed by atoms with Crippen LogP contribution in [0, 0.1) is 5.92 Å². The van der Waals surface area contributed by atoms with Gasteiger partial charge in [0.05, 0.1) is 6.10 Å². The molecule has 6 heteroatoms. The van der Waals surface area contributed by atoms with E-state index in [0.29, 0.717) is 37.9 Å². The summed E-state index contributed by atoms with van der Waals surface area (Å²) < 4.78 is 1.67. The third-order valence-corrected chi connectivity index (χ3v) is 2.51. The predicted molar refractivity (Wildman–Crippen MR) is 76.4 cm³/mol. The maximum atomic E-state index is 12.1. The SMILES string of the molecule is CC(C)Cn1ccnc(NCCNCC(C)O)c1=O. The largest absolute Gasteiger partial charge is 0.392 e. The fourth-order valence-electron chi connectivity index (χ4n) is 1.69. The van der Waals surface area contributed by atoms with Crippen molar-refractivity contribution in [2.45, 2.75) is 33.4 Å². The minimum absolute atomic E-state index is 0.0910. The zero-order valence-electron chi connectivity index (χ0n) is 11.9. The summed E-state index contributed by atoms with van der Waals surface area (Å²) >= 11 is 0. The first-order chi connectivity index (χ1) is 9.00. The van der Waals surface area contributed by atoms with Gasteiger partial charge in [0.25, 0.3) is 5.56 Å². The first-order valence-corrected chi connectivity index (χ1v) is 6.68. The molecule has 0 spiro atoms. The van der Waals surface area contributed by atoms with Gasteiger partial charge in [0.1, 0.15) is 0 Å². The van der Waals surface area contributed by atoms with Crippen LogP contribution >= 0.6 is 0 Å². The van der Waals surface area contributed by atoms with Crippen LogP contribution in [0.2, 0.25) is 0 Å². The maximum absolute atomic E-state index is 12.1. The Hall–Kier alpha value is -1.40. The molecule has 0 radical (unpaired) electrons. The number of anilines is 1. The van der Waals surface area contributed by atoms with Gasteiger partial charge in [-0.15, -0.1) is 0 Å². The van der Waals surface area contributed by atoms with E-state index >= 15 is 0 Å². The number of nitrogens with one attached hydrogen (secondary N) is 2. The molecule has 1 atom stereocenters. The minimum Gasteiger partial charge on any atom is -0.392 e. The van der Waals surface area contributed by atoms with E-state index in [1.807, 2.05) is 0 Å². The van der Waals surface area contributed by atoms with Gasteiger partial charge >= 0.3 is 0 Å². The molecule has 0 bridgehead atoms. The molecule has 1 aromatic rings. The monoisotopic (exact) mass is 268 g/mol. The van der Waals surface area contributed by atoms with Crippen molar-refractivity contribution in [3.63, 3.8) is 0 Å². The molecular weight excluding hydrogens is 244 g/mol. The van der Waals surface area contributed by atoms with Crippen molar-refractivity contribution in [3.05, 3.63) is 22.7 Å². The highest BCUT2D eigenvalue weighted by Gasteiger charge is 2.05. The Morgan fingerprint density at radius 2 is 2.11 bits per heavy atom. The van der Waals surface area contributed by atoms with E-state index in [9.17, 15) is 4.79 Å². The molecule has 1 heterocycles. The van der Waals surface area contributed by atoms with Crippen molar-refractivity contribution in [2.24, 2.45) is 5.92 Å². The first kappa shape index (κ1) is 15.7. The molecule has 0 saturated carbocycles. The molecule has 108 valence electrons.